The van der Waals surface area contributed by atoms with E-state index in [1.54, 1.807) is 18.3 Å². The molecule has 0 aliphatic carbocycles. The number of hydrogen-bond donors (Lipinski definition) is 3. The molecule has 1 aliphatic heterocycles. The van der Waals surface area contributed by atoms with E-state index in [1.807, 2.05) is 39.0 Å². The molecule has 0 spiro atoms. The van der Waals surface area contributed by atoms with E-state index in [-0.39, 0.29) is 28.4 Å². The summed E-state index contributed by atoms with van der Waals surface area (Å²) < 4.78 is 28.3. The third-order valence-electron chi connectivity index (χ3n) is 5.94. The minimum absolute atomic E-state index is 0.0228. The highest BCUT2D eigenvalue weighted by molar-refractivity contribution is 7.89. The van der Waals surface area contributed by atoms with Gasteiger partial charge in [0.1, 0.15) is 4.90 Å². The van der Waals surface area contributed by atoms with Gasteiger partial charge in [-0.05, 0) is 79.8 Å². The Kier molecular flexibility index (Phi) is 6.93. The molecule has 0 radical (unpaired) electrons. The summed E-state index contributed by atoms with van der Waals surface area (Å²) in [6.07, 6.45) is 2.88. The van der Waals surface area contributed by atoms with Crippen LogP contribution in [0.4, 0.5) is 11.4 Å². The summed E-state index contributed by atoms with van der Waals surface area (Å²) >= 11 is 6.37. The van der Waals surface area contributed by atoms with Crippen LogP contribution in [0.1, 0.15) is 47.3 Å². The average Bonchev–Trinajstić information content (AvgIpc) is 2.78. The largest absolute Gasteiger partial charge is 0.378 e. The minimum Gasteiger partial charge on any atom is -0.378 e. The minimum atomic E-state index is -3.80. The Hall–Kier alpha value is -2.94. The molecule has 178 valence electrons. The van der Waals surface area contributed by atoms with Crippen molar-refractivity contribution in [2.75, 3.05) is 10.6 Å². The number of amides is 1. The first-order valence-electron chi connectivity index (χ1n) is 11.0. The average molecular weight is 499 g/mol. The number of aromatic nitrogens is 1. The Bertz CT molecular complexity index is 1360. The van der Waals surface area contributed by atoms with E-state index in [2.05, 4.69) is 26.4 Å². The molecule has 0 saturated heterocycles. The molecule has 2 heterocycles. The zero-order valence-corrected chi connectivity index (χ0v) is 20.8. The first-order valence-corrected chi connectivity index (χ1v) is 12.9. The monoisotopic (exact) mass is 498 g/mol. The number of fused-ring (bicyclic) bond motifs is 1. The molecule has 0 bridgehead atoms. The second-order valence-corrected chi connectivity index (χ2v) is 10.7. The summed E-state index contributed by atoms with van der Waals surface area (Å²) in [6.45, 7) is 5.96. The molecule has 34 heavy (non-hydrogen) atoms. The Morgan fingerprint density at radius 3 is 2.65 bits per heavy atom. The van der Waals surface area contributed by atoms with Crippen molar-refractivity contribution < 1.29 is 13.2 Å². The van der Waals surface area contributed by atoms with Crippen LogP contribution >= 0.6 is 11.6 Å². The number of rotatable bonds is 7. The third-order valence-corrected chi connectivity index (χ3v) is 7.82. The first kappa shape index (κ1) is 24.2. The van der Waals surface area contributed by atoms with Crippen LogP contribution in [0.25, 0.3) is 0 Å². The second-order valence-electron chi connectivity index (χ2n) is 8.55. The number of nitrogens with zero attached hydrogens (tertiary/aromatic N) is 1. The van der Waals surface area contributed by atoms with Gasteiger partial charge in [0.2, 0.25) is 15.9 Å². The van der Waals surface area contributed by atoms with Gasteiger partial charge in [-0.25, -0.2) is 13.1 Å². The van der Waals surface area contributed by atoms with E-state index in [1.165, 1.54) is 6.07 Å². The fraction of sp³-hybridized carbons (Fsp3) is 0.280. The number of pyridine rings is 1. The molecule has 2 aromatic carbocycles. The standard InChI is InChI=1S/C25H27ClN4O3S/c1-15-10-16(2)27-13-20(15)14-28-34(32,33)24-8-6-21(12-22(24)26)29-17(3)18-4-7-23-19(11-18)5-9-25(31)30-23/h4,6-8,10-13,17,28-29H,5,9,14H2,1-3H3,(H,30,31). The molecule has 1 unspecified atom stereocenters. The van der Waals surface area contributed by atoms with Gasteiger partial charge in [-0.15, -0.1) is 0 Å². The molecule has 1 atom stereocenters. The number of carbonyl (C=O) groups excluding carboxylic acids is 1. The van der Waals surface area contributed by atoms with E-state index < -0.39 is 10.0 Å². The quantitative estimate of drug-likeness (QED) is 0.430. The number of carbonyl (C=O) groups is 1. The van der Waals surface area contributed by atoms with Crippen LogP contribution < -0.4 is 15.4 Å². The van der Waals surface area contributed by atoms with Gasteiger partial charge in [0.15, 0.2) is 0 Å². The number of benzene rings is 2. The maximum absolute atomic E-state index is 12.9. The van der Waals surface area contributed by atoms with Crippen LogP contribution in [0.3, 0.4) is 0 Å². The lowest BCUT2D eigenvalue weighted by molar-refractivity contribution is -0.116. The number of anilines is 2. The summed E-state index contributed by atoms with van der Waals surface area (Å²) in [7, 11) is -3.80. The molecule has 0 fully saturated rings. The molecule has 7 nitrogen and oxygen atoms in total. The first-order chi connectivity index (χ1) is 16.1. The molecule has 1 aromatic heterocycles. The van der Waals surface area contributed by atoms with Crippen LogP contribution in [-0.4, -0.2) is 19.3 Å². The van der Waals surface area contributed by atoms with Crippen molar-refractivity contribution in [3.05, 3.63) is 81.6 Å². The van der Waals surface area contributed by atoms with Crippen LogP contribution in [-0.2, 0) is 27.8 Å². The third kappa shape index (κ3) is 5.41. The van der Waals surface area contributed by atoms with Gasteiger partial charge in [-0.1, -0.05) is 23.7 Å². The van der Waals surface area contributed by atoms with Gasteiger partial charge < -0.3 is 10.6 Å². The lowest BCUT2D eigenvalue weighted by atomic mass is 9.97. The molecule has 0 saturated carbocycles. The number of nitrogens with one attached hydrogen (secondary N) is 3. The Morgan fingerprint density at radius 2 is 1.91 bits per heavy atom. The smallest absolute Gasteiger partial charge is 0.242 e. The number of halogens is 1. The van der Waals surface area contributed by atoms with E-state index >= 15 is 0 Å². The number of sulfonamides is 1. The lowest BCUT2D eigenvalue weighted by Gasteiger charge is -2.21. The molecular formula is C25H27ClN4O3S. The van der Waals surface area contributed by atoms with Gasteiger partial charge in [0, 0.05) is 42.3 Å². The Morgan fingerprint density at radius 1 is 1.12 bits per heavy atom. The Labute approximate surface area is 205 Å². The highest BCUT2D eigenvalue weighted by atomic mass is 35.5. The fourth-order valence-corrected chi connectivity index (χ4v) is 5.52. The van der Waals surface area contributed by atoms with E-state index in [0.717, 1.165) is 33.6 Å². The van der Waals surface area contributed by atoms with E-state index in [0.29, 0.717) is 18.5 Å². The molecule has 9 heteroatoms. The lowest BCUT2D eigenvalue weighted by Crippen LogP contribution is -2.24. The highest BCUT2D eigenvalue weighted by Crippen LogP contribution is 2.30. The van der Waals surface area contributed by atoms with Gasteiger partial charge in [0.05, 0.1) is 5.02 Å². The van der Waals surface area contributed by atoms with Crippen molar-refractivity contribution in [1.29, 1.82) is 0 Å². The predicted molar refractivity (Wildman–Crippen MR) is 135 cm³/mol. The number of hydrogen-bond acceptors (Lipinski definition) is 5. The van der Waals surface area contributed by atoms with Gasteiger partial charge in [-0.2, -0.15) is 0 Å². The van der Waals surface area contributed by atoms with Crippen LogP contribution in [0, 0.1) is 13.8 Å². The Balaban J connectivity index is 1.45. The van der Waals surface area contributed by atoms with Crippen LogP contribution in [0.2, 0.25) is 5.02 Å². The van der Waals surface area contributed by atoms with Crippen molar-refractivity contribution in [1.82, 2.24) is 9.71 Å². The topological polar surface area (TPSA) is 100 Å². The molecule has 1 aliphatic rings. The normalized spacial score (nSPS) is 14.3. The summed E-state index contributed by atoms with van der Waals surface area (Å²) in [6, 6.07) is 12.7. The second kappa shape index (κ2) is 9.74. The fourth-order valence-electron chi connectivity index (χ4n) is 3.97. The van der Waals surface area contributed by atoms with Gasteiger partial charge in [0.25, 0.3) is 0 Å². The zero-order chi connectivity index (χ0) is 24.5. The van der Waals surface area contributed by atoms with Crippen molar-refractivity contribution in [3.8, 4) is 0 Å². The van der Waals surface area contributed by atoms with Crippen molar-refractivity contribution in [2.45, 2.75) is 51.1 Å². The van der Waals surface area contributed by atoms with E-state index in [9.17, 15) is 13.2 Å². The maximum atomic E-state index is 12.9. The molecule has 4 rings (SSSR count). The maximum Gasteiger partial charge on any atom is 0.242 e. The summed E-state index contributed by atoms with van der Waals surface area (Å²) in [4.78, 5) is 15.8. The molecule has 3 N–H and O–H groups in total. The molecule has 1 amide bonds. The zero-order valence-electron chi connectivity index (χ0n) is 19.3. The molecule has 3 aromatic rings. The van der Waals surface area contributed by atoms with Gasteiger partial charge >= 0.3 is 0 Å². The van der Waals surface area contributed by atoms with Crippen molar-refractivity contribution >= 4 is 38.9 Å². The van der Waals surface area contributed by atoms with Gasteiger partial charge in [-0.3, -0.25) is 9.78 Å². The van der Waals surface area contributed by atoms with Crippen molar-refractivity contribution in [3.63, 3.8) is 0 Å². The van der Waals surface area contributed by atoms with Crippen LogP contribution in [0.5, 0.6) is 0 Å². The summed E-state index contributed by atoms with van der Waals surface area (Å²) in [5.41, 5.74) is 6.39. The highest BCUT2D eigenvalue weighted by Gasteiger charge is 2.20. The predicted octanol–water partition coefficient (Wildman–Crippen LogP) is 4.89. The van der Waals surface area contributed by atoms with Crippen LogP contribution in [0.15, 0.2) is 53.6 Å². The summed E-state index contributed by atoms with van der Waals surface area (Å²) in [5.74, 6) is 0.0382. The number of aryl methyl sites for hydroxylation is 3. The summed E-state index contributed by atoms with van der Waals surface area (Å²) in [5, 5.41) is 6.39. The molecular weight excluding hydrogens is 472 g/mol. The van der Waals surface area contributed by atoms with E-state index in [4.69, 9.17) is 11.6 Å². The SMILES string of the molecule is Cc1cc(C)c(CNS(=O)(=O)c2ccc(NC(C)c3ccc4c(c3)CCC(=O)N4)cc2Cl)cn1. The van der Waals surface area contributed by atoms with Crippen molar-refractivity contribution in [2.24, 2.45) is 0 Å².